The third-order valence-corrected chi connectivity index (χ3v) is 4.68. The van der Waals surface area contributed by atoms with E-state index in [4.69, 9.17) is 11.6 Å². The van der Waals surface area contributed by atoms with Crippen LogP contribution in [-0.2, 0) is 0 Å². The molecule has 0 radical (unpaired) electrons. The van der Waals surface area contributed by atoms with Gasteiger partial charge in [0, 0.05) is 5.02 Å². The average Bonchev–Trinajstić information content (AvgIpc) is 2.33. The molecule has 2 heteroatoms. The molecule has 94 valence electrons. The fourth-order valence-corrected chi connectivity index (χ4v) is 3.34. The van der Waals surface area contributed by atoms with E-state index >= 15 is 0 Å². The number of rotatable bonds is 2. The molecule has 0 aliphatic rings. The van der Waals surface area contributed by atoms with Crippen LogP contribution in [0.25, 0.3) is 0 Å². The van der Waals surface area contributed by atoms with E-state index in [0.717, 1.165) is 10.6 Å². The number of alkyl halides is 1. The summed E-state index contributed by atoms with van der Waals surface area (Å²) in [6, 6.07) is 12.7. The van der Waals surface area contributed by atoms with Crippen LogP contribution in [0.1, 0.15) is 32.6 Å². The molecule has 2 rings (SSSR count). The van der Waals surface area contributed by atoms with Crippen LogP contribution >= 0.6 is 27.5 Å². The first-order valence-corrected chi connectivity index (χ1v) is 7.26. The van der Waals surface area contributed by atoms with Crippen molar-refractivity contribution in [3.05, 3.63) is 69.2 Å². The van der Waals surface area contributed by atoms with Crippen LogP contribution in [0.5, 0.6) is 0 Å². The van der Waals surface area contributed by atoms with Crippen LogP contribution in [0.4, 0.5) is 0 Å². The van der Waals surface area contributed by atoms with Gasteiger partial charge in [-0.1, -0.05) is 57.9 Å². The Morgan fingerprint density at radius 3 is 2.22 bits per heavy atom. The van der Waals surface area contributed by atoms with Crippen molar-refractivity contribution in [1.29, 1.82) is 0 Å². The molecule has 1 unspecified atom stereocenters. The van der Waals surface area contributed by atoms with Gasteiger partial charge in [0.2, 0.25) is 0 Å². The minimum atomic E-state index is 0.217. The molecule has 0 saturated carbocycles. The monoisotopic (exact) mass is 322 g/mol. The van der Waals surface area contributed by atoms with Crippen molar-refractivity contribution in [3.8, 4) is 0 Å². The molecule has 2 aromatic carbocycles. The van der Waals surface area contributed by atoms with Gasteiger partial charge < -0.3 is 0 Å². The summed E-state index contributed by atoms with van der Waals surface area (Å²) in [6.07, 6.45) is 0. The third-order valence-electron chi connectivity index (χ3n) is 3.28. The molecule has 0 aliphatic heterocycles. The predicted octanol–water partition coefficient (Wildman–Crippen LogP) is 5.75. The van der Waals surface area contributed by atoms with Crippen molar-refractivity contribution >= 4 is 27.5 Å². The molecule has 0 spiro atoms. The van der Waals surface area contributed by atoms with Gasteiger partial charge in [-0.15, -0.1) is 0 Å². The van der Waals surface area contributed by atoms with Gasteiger partial charge in [-0.25, -0.2) is 0 Å². The summed E-state index contributed by atoms with van der Waals surface area (Å²) in [7, 11) is 0. The Morgan fingerprint density at radius 2 is 1.56 bits per heavy atom. The first-order valence-electron chi connectivity index (χ1n) is 5.97. The molecule has 0 heterocycles. The molecule has 0 aromatic heterocycles. The number of hydrogen-bond acceptors (Lipinski definition) is 0. The van der Waals surface area contributed by atoms with Crippen LogP contribution in [0, 0.1) is 20.8 Å². The molecular weight excluding hydrogens is 308 g/mol. The van der Waals surface area contributed by atoms with Crippen molar-refractivity contribution < 1.29 is 0 Å². The highest BCUT2D eigenvalue weighted by Crippen LogP contribution is 2.36. The largest absolute Gasteiger partial charge is 0.0840 e. The summed E-state index contributed by atoms with van der Waals surface area (Å²) in [4.78, 5) is 0.217. The van der Waals surface area contributed by atoms with E-state index in [0.29, 0.717) is 0 Å². The maximum absolute atomic E-state index is 6.15. The van der Waals surface area contributed by atoms with Crippen LogP contribution in [0.2, 0.25) is 5.02 Å². The highest BCUT2D eigenvalue weighted by atomic mass is 79.9. The van der Waals surface area contributed by atoms with Gasteiger partial charge in [-0.05, 0) is 54.7 Å². The second kappa shape index (κ2) is 5.46. The molecule has 0 aliphatic carbocycles. The first-order chi connectivity index (χ1) is 8.50. The molecular formula is C16H16BrCl. The topological polar surface area (TPSA) is 0 Å². The normalized spacial score (nSPS) is 12.5. The second-order valence-electron chi connectivity index (χ2n) is 4.68. The van der Waals surface area contributed by atoms with Gasteiger partial charge in [0.1, 0.15) is 0 Å². The summed E-state index contributed by atoms with van der Waals surface area (Å²) in [5.74, 6) is 0. The smallest absolute Gasteiger partial charge is 0.0649 e. The molecule has 0 fully saturated rings. The fraction of sp³-hybridized carbons (Fsp3) is 0.250. The zero-order valence-corrected chi connectivity index (χ0v) is 13.1. The summed E-state index contributed by atoms with van der Waals surface area (Å²) in [5.41, 5.74) is 6.23. The van der Waals surface area contributed by atoms with Gasteiger partial charge in [-0.2, -0.15) is 0 Å². The molecule has 1 atom stereocenters. The van der Waals surface area contributed by atoms with Crippen LogP contribution in [0.3, 0.4) is 0 Å². The maximum atomic E-state index is 6.15. The highest BCUT2D eigenvalue weighted by molar-refractivity contribution is 9.09. The predicted molar refractivity (Wildman–Crippen MR) is 82.9 cm³/mol. The maximum Gasteiger partial charge on any atom is 0.0649 e. The Morgan fingerprint density at radius 1 is 0.889 bits per heavy atom. The van der Waals surface area contributed by atoms with Crippen LogP contribution in [0.15, 0.2) is 36.4 Å². The number of aryl methyl sites for hydroxylation is 3. The second-order valence-corrected chi connectivity index (χ2v) is 6.00. The van der Waals surface area contributed by atoms with Crippen LogP contribution < -0.4 is 0 Å². The quantitative estimate of drug-likeness (QED) is 0.617. The lowest BCUT2D eigenvalue weighted by atomic mass is 9.96. The van der Waals surface area contributed by atoms with Crippen LogP contribution in [-0.4, -0.2) is 0 Å². The summed E-state index contributed by atoms with van der Waals surface area (Å²) >= 11 is 9.96. The van der Waals surface area contributed by atoms with Crippen molar-refractivity contribution in [2.24, 2.45) is 0 Å². The SMILES string of the molecule is Cc1cc(C(Br)c2ccccc2C)c(C)cc1Cl. The molecule has 0 saturated heterocycles. The van der Waals surface area contributed by atoms with Crippen molar-refractivity contribution in [3.63, 3.8) is 0 Å². The van der Waals surface area contributed by atoms with Crippen molar-refractivity contribution in [2.45, 2.75) is 25.6 Å². The molecule has 18 heavy (non-hydrogen) atoms. The average molecular weight is 324 g/mol. The van der Waals surface area contributed by atoms with E-state index in [1.165, 1.54) is 22.3 Å². The lowest BCUT2D eigenvalue weighted by Gasteiger charge is -2.17. The fourth-order valence-electron chi connectivity index (χ4n) is 2.12. The Labute approximate surface area is 122 Å². The summed E-state index contributed by atoms with van der Waals surface area (Å²) < 4.78 is 0. The van der Waals surface area contributed by atoms with Crippen molar-refractivity contribution in [2.75, 3.05) is 0 Å². The number of hydrogen-bond donors (Lipinski definition) is 0. The zero-order valence-electron chi connectivity index (χ0n) is 10.8. The number of halogens is 2. The van der Waals surface area contributed by atoms with Gasteiger partial charge >= 0.3 is 0 Å². The molecule has 0 N–H and O–H groups in total. The molecule has 0 nitrogen and oxygen atoms in total. The first kappa shape index (κ1) is 13.6. The van der Waals surface area contributed by atoms with Gasteiger partial charge in [0.25, 0.3) is 0 Å². The zero-order chi connectivity index (χ0) is 13.3. The Bertz CT molecular complexity index is 575. The summed E-state index contributed by atoms with van der Waals surface area (Å²) in [5, 5.41) is 0.834. The van der Waals surface area contributed by atoms with E-state index < -0.39 is 0 Å². The lowest BCUT2D eigenvalue weighted by Crippen LogP contribution is -1.99. The van der Waals surface area contributed by atoms with Crippen molar-refractivity contribution in [1.82, 2.24) is 0 Å². The van der Waals surface area contributed by atoms with E-state index in [1.54, 1.807) is 0 Å². The van der Waals surface area contributed by atoms with E-state index in [-0.39, 0.29) is 4.83 Å². The molecule has 2 aromatic rings. The van der Waals surface area contributed by atoms with E-state index in [1.807, 2.05) is 13.0 Å². The minimum absolute atomic E-state index is 0.217. The van der Waals surface area contributed by atoms with Gasteiger partial charge in [-0.3, -0.25) is 0 Å². The van der Waals surface area contributed by atoms with Gasteiger partial charge in [0.05, 0.1) is 4.83 Å². The van der Waals surface area contributed by atoms with Gasteiger partial charge in [0.15, 0.2) is 0 Å². The Kier molecular flexibility index (Phi) is 4.14. The molecule has 0 bridgehead atoms. The Balaban J connectivity index is 2.50. The highest BCUT2D eigenvalue weighted by Gasteiger charge is 2.15. The minimum Gasteiger partial charge on any atom is -0.0840 e. The van der Waals surface area contributed by atoms with E-state index in [2.05, 4.69) is 60.1 Å². The number of benzene rings is 2. The lowest BCUT2D eigenvalue weighted by molar-refractivity contribution is 1.11. The van der Waals surface area contributed by atoms with E-state index in [9.17, 15) is 0 Å². The third kappa shape index (κ3) is 2.62. The molecule has 0 amide bonds. The Hall–Kier alpha value is -0.790. The summed E-state index contributed by atoms with van der Waals surface area (Å²) in [6.45, 7) is 6.29. The standard InChI is InChI=1S/C16H16BrCl/c1-10-6-4-5-7-13(10)16(17)14-8-12(3)15(18)9-11(14)2/h4-9,16H,1-3H3.